The maximum absolute atomic E-state index is 14.0. The molecular formula is C12H11F5O. The molecule has 0 amide bonds. The van der Waals surface area contributed by atoms with Crippen LogP contribution in [-0.4, -0.2) is 18.9 Å². The van der Waals surface area contributed by atoms with Crippen molar-refractivity contribution in [2.24, 2.45) is 0 Å². The zero-order valence-corrected chi connectivity index (χ0v) is 9.52. The number of hydrogen-bond acceptors (Lipinski definition) is 1. The van der Waals surface area contributed by atoms with Gasteiger partial charge in [0.05, 0.1) is 18.8 Å². The number of benzene rings is 1. The third kappa shape index (κ3) is 2.21. The van der Waals surface area contributed by atoms with Crippen LogP contribution < -0.4 is 0 Å². The molecule has 1 fully saturated rings. The van der Waals surface area contributed by atoms with Gasteiger partial charge in [0.25, 0.3) is 0 Å². The van der Waals surface area contributed by atoms with Gasteiger partial charge in [-0.1, -0.05) is 13.0 Å². The largest absolute Gasteiger partial charge is 0.416 e. The molecule has 1 saturated heterocycles. The van der Waals surface area contributed by atoms with Gasteiger partial charge in [-0.05, 0) is 17.7 Å². The van der Waals surface area contributed by atoms with Crippen LogP contribution in [0.5, 0.6) is 0 Å². The van der Waals surface area contributed by atoms with Crippen LogP contribution in [0.15, 0.2) is 18.2 Å². The molecule has 1 aromatic carbocycles. The van der Waals surface area contributed by atoms with Gasteiger partial charge in [0.1, 0.15) is 5.82 Å². The van der Waals surface area contributed by atoms with Gasteiger partial charge in [0.2, 0.25) is 0 Å². The predicted molar refractivity (Wildman–Crippen MR) is 54.5 cm³/mol. The van der Waals surface area contributed by atoms with Gasteiger partial charge in [0, 0.05) is 5.92 Å². The number of ether oxygens (including phenoxy) is 1. The molecule has 1 atom stereocenters. The average Bonchev–Trinajstić information content (AvgIpc) is 2.23. The number of alkyl halides is 4. The lowest BCUT2D eigenvalue weighted by atomic mass is 9.83. The summed E-state index contributed by atoms with van der Waals surface area (Å²) < 4.78 is 69.4. The minimum Gasteiger partial charge on any atom is -0.375 e. The summed E-state index contributed by atoms with van der Waals surface area (Å²) in [6, 6.07) is 2.15. The van der Waals surface area contributed by atoms with Crippen LogP contribution in [0.2, 0.25) is 0 Å². The lowest BCUT2D eigenvalue weighted by molar-refractivity contribution is -0.141. The first kappa shape index (κ1) is 13.3. The van der Waals surface area contributed by atoms with E-state index in [9.17, 15) is 22.0 Å². The molecule has 18 heavy (non-hydrogen) atoms. The number of halogens is 5. The topological polar surface area (TPSA) is 9.23 Å². The summed E-state index contributed by atoms with van der Waals surface area (Å²) in [4.78, 5) is 0. The molecule has 1 aromatic rings. The third-order valence-corrected chi connectivity index (χ3v) is 3.25. The highest BCUT2D eigenvalue weighted by atomic mass is 19.4. The molecule has 0 spiro atoms. The number of rotatable bonds is 2. The molecule has 1 aliphatic rings. The van der Waals surface area contributed by atoms with E-state index in [1.165, 1.54) is 6.92 Å². The molecule has 1 heterocycles. The fourth-order valence-electron chi connectivity index (χ4n) is 1.88. The van der Waals surface area contributed by atoms with Crippen LogP contribution in [-0.2, 0) is 10.9 Å². The first-order chi connectivity index (χ1) is 8.24. The van der Waals surface area contributed by atoms with Crippen LogP contribution in [0, 0.1) is 5.82 Å². The van der Waals surface area contributed by atoms with Crippen LogP contribution in [0.4, 0.5) is 22.0 Å². The monoisotopic (exact) mass is 266 g/mol. The Bertz CT molecular complexity index is 450. The van der Waals surface area contributed by atoms with Crippen molar-refractivity contribution < 1.29 is 26.7 Å². The van der Waals surface area contributed by atoms with Crippen molar-refractivity contribution in [3.05, 3.63) is 35.1 Å². The molecule has 100 valence electrons. The highest BCUT2D eigenvalue weighted by Crippen LogP contribution is 2.39. The second-order valence-electron chi connectivity index (χ2n) is 4.48. The molecule has 0 aromatic heterocycles. The average molecular weight is 266 g/mol. The Kier molecular flexibility index (Phi) is 3.09. The second-order valence-corrected chi connectivity index (χ2v) is 4.48. The standard InChI is InChI=1S/C12H11F5O/c1-7(11(14)5-18-6-11)9-3-2-8(4-10(9)13)12(15,16)17/h2-4,7H,5-6H2,1H3. The van der Waals surface area contributed by atoms with Crippen LogP contribution in [0.3, 0.4) is 0 Å². The molecular weight excluding hydrogens is 255 g/mol. The summed E-state index contributed by atoms with van der Waals surface area (Å²) in [5.41, 5.74) is -2.83. The van der Waals surface area contributed by atoms with Crippen molar-refractivity contribution >= 4 is 0 Å². The fourth-order valence-corrected chi connectivity index (χ4v) is 1.88. The summed E-state index contributed by atoms with van der Waals surface area (Å²) in [5, 5.41) is 0. The Hall–Kier alpha value is -1.17. The van der Waals surface area contributed by atoms with Gasteiger partial charge >= 0.3 is 6.18 Å². The molecule has 0 N–H and O–H groups in total. The molecule has 6 heteroatoms. The lowest BCUT2D eigenvalue weighted by Gasteiger charge is -2.39. The van der Waals surface area contributed by atoms with Gasteiger partial charge in [-0.15, -0.1) is 0 Å². The van der Waals surface area contributed by atoms with E-state index in [4.69, 9.17) is 4.74 Å². The number of hydrogen-bond donors (Lipinski definition) is 0. The predicted octanol–water partition coefficient (Wildman–Crippen LogP) is 3.69. The highest BCUT2D eigenvalue weighted by molar-refractivity contribution is 5.31. The van der Waals surface area contributed by atoms with Gasteiger partial charge in [-0.25, -0.2) is 8.78 Å². The minimum absolute atomic E-state index is 0.0613. The first-order valence-electron chi connectivity index (χ1n) is 5.37. The Balaban J connectivity index is 2.30. The maximum atomic E-state index is 14.0. The Morgan fingerprint density at radius 3 is 2.28 bits per heavy atom. The van der Waals surface area contributed by atoms with E-state index >= 15 is 0 Å². The van der Waals surface area contributed by atoms with Crippen molar-refractivity contribution in [2.75, 3.05) is 13.2 Å². The summed E-state index contributed by atoms with van der Waals surface area (Å²) in [6.07, 6.45) is -4.60. The van der Waals surface area contributed by atoms with Crippen LogP contribution in [0.1, 0.15) is 24.0 Å². The second kappa shape index (κ2) is 4.19. The van der Waals surface area contributed by atoms with Crippen molar-refractivity contribution in [3.63, 3.8) is 0 Å². The van der Waals surface area contributed by atoms with Gasteiger partial charge in [-0.3, -0.25) is 0 Å². The van der Waals surface area contributed by atoms with E-state index in [1.54, 1.807) is 0 Å². The smallest absolute Gasteiger partial charge is 0.375 e. The molecule has 0 aliphatic carbocycles. The Labute approximate surface area is 101 Å². The van der Waals surface area contributed by atoms with Crippen molar-refractivity contribution in [2.45, 2.75) is 24.7 Å². The SMILES string of the molecule is CC(c1ccc(C(F)(F)F)cc1F)C1(F)COC1. The van der Waals surface area contributed by atoms with E-state index in [-0.39, 0.29) is 18.8 Å². The minimum atomic E-state index is -4.60. The van der Waals surface area contributed by atoms with E-state index in [1.807, 2.05) is 0 Å². The van der Waals surface area contributed by atoms with Crippen molar-refractivity contribution in [3.8, 4) is 0 Å². The zero-order chi connectivity index (χ0) is 13.6. The zero-order valence-electron chi connectivity index (χ0n) is 9.52. The van der Waals surface area contributed by atoms with E-state index in [0.29, 0.717) is 6.07 Å². The van der Waals surface area contributed by atoms with E-state index in [0.717, 1.165) is 12.1 Å². The molecule has 1 nitrogen and oxygen atoms in total. The molecule has 0 saturated carbocycles. The summed E-state index contributed by atoms with van der Waals surface area (Å²) in [5.74, 6) is -1.88. The molecule has 0 radical (unpaired) electrons. The van der Waals surface area contributed by atoms with E-state index in [2.05, 4.69) is 0 Å². The fraction of sp³-hybridized carbons (Fsp3) is 0.500. The Morgan fingerprint density at radius 2 is 1.89 bits per heavy atom. The molecule has 1 aliphatic heterocycles. The third-order valence-electron chi connectivity index (χ3n) is 3.25. The summed E-state index contributed by atoms with van der Waals surface area (Å²) >= 11 is 0. The van der Waals surface area contributed by atoms with Crippen LogP contribution in [0.25, 0.3) is 0 Å². The van der Waals surface area contributed by atoms with Crippen LogP contribution >= 0.6 is 0 Å². The maximum Gasteiger partial charge on any atom is 0.416 e. The van der Waals surface area contributed by atoms with E-state index < -0.39 is 29.1 Å². The molecule has 2 rings (SSSR count). The Morgan fingerprint density at radius 1 is 1.28 bits per heavy atom. The quantitative estimate of drug-likeness (QED) is 0.742. The van der Waals surface area contributed by atoms with Gasteiger partial charge < -0.3 is 4.74 Å². The lowest BCUT2D eigenvalue weighted by Crippen LogP contribution is -2.49. The normalized spacial score (nSPS) is 20.3. The van der Waals surface area contributed by atoms with Crippen molar-refractivity contribution in [1.82, 2.24) is 0 Å². The summed E-state index contributed by atoms with van der Waals surface area (Å²) in [6.45, 7) is 1.12. The highest BCUT2D eigenvalue weighted by Gasteiger charge is 2.45. The molecule has 1 unspecified atom stereocenters. The van der Waals surface area contributed by atoms with Gasteiger partial charge in [-0.2, -0.15) is 13.2 Å². The first-order valence-corrected chi connectivity index (χ1v) is 5.37. The van der Waals surface area contributed by atoms with Crippen molar-refractivity contribution in [1.29, 1.82) is 0 Å². The molecule has 0 bridgehead atoms. The van der Waals surface area contributed by atoms with Gasteiger partial charge in [0.15, 0.2) is 5.67 Å². The summed E-state index contributed by atoms with van der Waals surface area (Å²) in [7, 11) is 0.